The van der Waals surface area contributed by atoms with Crippen LogP contribution in [0.25, 0.3) is 5.69 Å². The monoisotopic (exact) mass is 308 g/mol. The molecule has 0 spiro atoms. The van der Waals surface area contributed by atoms with Gasteiger partial charge in [0.15, 0.2) is 0 Å². The van der Waals surface area contributed by atoms with Gasteiger partial charge in [0.2, 0.25) is 0 Å². The van der Waals surface area contributed by atoms with Gasteiger partial charge < -0.3 is 4.57 Å². The van der Waals surface area contributed by atoms with Crippen molar-refractivity contribution in [2.75, 3.05) is 0 Å². The summed E-state index contributed by atoms with van der Waals surface area (Å²) in [5.41, 5.74) is 0.369. The molecule has 0 amide bonds. The minimum atomic E-state index is -0.683. The van der Waals surface area contributed by atoms with Crippen molar-refractivity contribution < 1.29 is 4.39 Å². The lowest BCUT2D eigenvalue weighted by atomic mass is 9.97. The molecule has 1 aliphatic rings. The van der Waals surface area contributed by atoms with Crippen molar-refractivity contribution in [2.45, 2.75) is 25.7 Å². The molecule has 1 aromatic carbocycles. The maximum Gasteiger partial charge on any atom is 0.335 e. The largest absolute Gasteiger partial charge is 0.335 e. The molecule has 6 heteroatoms. The van der Waals surface area contributed by atoms with Gasteiger partial charge in [0.05, 0.1) is 5.69 Å². The number of hydrogen-bond donors (Lipinski definition) is 0. The average Bonchev–Trinajstić information content (AvgIpc) is 2.47. The van der Waals surface area contributed by atoms with Gasteiger partial charge in [-0.15, -0.1) is 0 Å². The molecule has 0 saturated heterocycles. The Balaban J connectivity index is 2.36. The molecule has 0 saturated carbocycles. The van der Waals surface area contributed by atoms with Gasteiger partial charge in [-0.3, -0.25) is 4.79 Å². The Morgan fingerprint density at radius 2 is 1.90 bits per heavy atom. The van der Waals surface area contributed by atoms with Crippen LogP contribution in [0.15, 0.2) is 27.8 Å². The number of benzene rings is 1. The van der Waals surface area contributed by atoms with E-state index < -0.39 is 17.1 Å². The van der Waals surface area contributed by atoms with Crippen molar-refractivity contribution in [1.29, 1.82) is 0 Å². The summed E-state index contributed by atoms with van der Waals surface area (Å²) in [6, 6.07) is 3.92. The van der Waals surface area contributed by atoms with Crippen LogP contribution in [0.2, 0.25) is 5.02 Å². The first-order chi connectivity index (χ1) is 10.0. The van der Waals surface area contributed by atoms with E-state index in [0.717, 1.165) is 29.2 Å². The SMILES string of the molecule is Cn1c2c(c(=O)n(-c3ccc(Cl)cc3F)c1=O)CCCC2. The second-order valence-electron chi connectivity index (χ2n) is 5.21. The minimum absolute atomic E-state index is 0.0571. The fraction of sp³-hybridized carbons (Fsp3) is 0.333. The number of nitrogens with zero attached hydrogens (tertiary/aromatic N) is 2. The van der Waals surface area contributed by atoms with Crippen LogP contribution in [0, 0.1) is 5.82 Å². The second-order valence-corrected chi connectivity index (χ2v) is 5.65. The molecule has 2 aromatic rings. The third kappa shape index (κ3) is 2.21. The van der Waals surface area contributed by atoms with E-state index in [2.05, 4.69) is 0 Å². The van der Waals surface area contributed by atoms with Gasteiger partial charge in [-0.1, -0.05) is 11.6 Å². The molecular weight excluding hydrogens is 295 g/mol. The molecule has 0 aliphatic heterocycles. The van der Waals surface area contributed by atoms with Gasteiger partial charge >= 0.3 is 5.69 Å². The Kier molecular flexibility index (Phi) is 3.45. The number of halogens is 2. The van der Waals surface area contributed by atoms with Crippen LogP contribution in [0.5, 0.6) is 0 Å². The predicted molar refractivity (Wildman–Crippen MR) is 78.9 cm³/mol. The summed E-state index contributed by atoms with van der Waals surface area (Å²) < 4.78 is 16.4. The molecule has 0 atom stereocenters. The second kappa shape index (κ2) is 5.15. The quantitative estimate of drug-likeness (QED) is 0.811. The van der Waals surface area contributed by atoms with E-state index in [9.17, 15) is 14.0 Å². The molecule has 0 radical (unpaired) electrons. The van der Waals surface area contributed by atoms with E-state index in [1.807, 2.05) is 0 Å². The minimum Gasteiger partial charge on any atom is -0.300 e. The van der Waals surface area contributed by atoms with Crippen LogP contribution in [-0.4, -0.2) is 9.13 Å². The lowest BCUT2D eigenvalue weighted by Crippen LogP contribution is -2.43. The van der Waals surface area contributed by atoms with Crippen LogP contribution in [-0.2, 0) is 19.9 Å². The van der Waals surface area contributed by atoms with Gasteiger partial charge in [-0.05, 0) is 43.9 Å². The first-order valence-electron chi connectivity index (χ1n) is 6.80. The van der Waals surface area contributed by atoms with E-state index >= 15 is 0 Å². The van der Waals surface area contributed by atoms with Crippen molar-refractivity contribution in [3.63, 3.8) is 0 Å². The molecule has 0 bridgehead atoms. The van der Waals surface area contributed by atoms with E-state index in [1.54, 1.807) is 7.05 Å². The summed E-state index contributed by atoms with van der Waals surface area (Å²) in [6.45, 7) is 0. The zero-order chi connectivity index (χ0) is 15.1. The van der Waals surface area contributed by atoms with Gasteiger partial charge in [0.25, 0.3) is 5.56 Å². The molecule has 110 valence electrons. The fourth-order valence-electron chi connectivity index (χ4n) is 2.85. The van der Waals surface area contributed by atoms with Crippen molar-refractivity contribution >= 4 is 11.6 Å². The molecular formula is C15H14ClFN2O2. The highest BCUT2D eigenvalue weighted by atomic mass is 35.5. The maximum atomic E-state index is 14.1. The molecule has 1 aromatic heterocycles. The first kappa shape index (κ1) is 14.1. The highest BCUT2D eigenvalue weighted by Crippen LogP contribution is 2.19. The number of aromatic nitrogens is 2. The van der Waals surface area contributed by atoms with E-state index in [4.69, 9.17) is 11.6 Å². The molecule has 0 N–H and O–H groups in total. The van der Waals surface area contributed by atoms with Crippen molar-refractivity contribution in [1.82, 2.24) is 9.13 Å². The number of hydrogen-bond acceptors (Lipinski definition) is 2. The lowest BCUT2D eigenvalue weighted by Gasteiger charge is -2.20. The molecule has 1 aliphatic carbocycles. The highest BCUT2D eigenvalue weighted by Gasteiger charge is 2.21. The van der Waals surface area contributed by atoms with Gasteiger partial charge in [0.1, 0.15) is 5.82 Å². The number of rotatable bonds is 1. The van der Waals surface area contributed by atoms with Crippen molar-refractivity contribution in [3.05, 3.63) is 61.1 Å². The fourth-order valence-corrected chi connectivity index (χ4v) is 3.01. The van der Waals surface area contributed by atoms with Crippen LogP contribution in [0.4, 0.5) is 4.39 Å². The Labute approximate surface area is 125 Å². The van der Waals surface area contributed by atoms with Gasteiger partial charge in [0, 0.05) is 23.3 Å². The zero-order valence-electron chi connectivity index (χ0n) is 11.5. The standard InChI is InChI=1S/C15H14ClFN2O2/c1-18-12-5-3-2-4-10(12)14(20)19(15(18)21)13-7-6-9(16)8-11(13)17/h6-8H,2-5H2,1H3. The molecule has 4 nitrogen and oxygen atoms in total. The van der Waals surface area contributed by atoms with Crippen molar-refractivity contribution in [3.8, 4) is 5.69 Å². The summed E-state index contributed by atoms with van der Waals surface area (Å²) in [6.07, 6.45) is 3.19. The van der Waals surface area contributed by atoms with Crippen LogP contribution < -0.4 is 11.2 Å². The maximum absolute atomic E-state index is 14.1. The molecule has 1 heterocycles. The zero-order valence-corrected chi connectivity index (χ0v) is 12.3. The first-order valence-corrected chi connectivity index (χ1v) is 7.17. The Bertz CT molecular complexity index is 839. The Hall–Kier alpha value is -1.88. The summed E-state index contributed by atoms with van der Waals surface area (Å²) in [7, 11) is 1.62. The van der Waals surface area contributed by atoms with E-state index in [1.165, 1.54) is 16.7 Å². The topological polar surface area (TPSA) is 44.0 Å². The molecule has 0 unspecified atom stereocenters. The van der Waals surface area contributed by atoms with E-state index in [-0.39, 0.29) is 10.7 Å². The summed E-state index contributed by atoms with van der Waals surface area (Å²) in [5, 5.41) is 0.221. The van der Waals surface area contributed by atoms with Crippen LogP contribution in [0.3, 0.4) is 0 Å². The van der Waals surface area contributed by atoms with Gasteiger partial charge in [-0.2, -0.15) is 0 Å². The highest BCUT2D eigenvalue weighted by molar-refractivity contribution is 6.30. The van der Waals surface area contributed by atoms with Crippen LogP contribution in [0.1, 0.15) is 24.1 Å². The molecule has 0 fully saturated rings. The van der Waals surface area contributed by atoms with E-state index in [0.29, 0.717) is 18.4 Å². The third-order valence-corrected chi connectivity index (χ3v) is 4.17. The Morgan fingerprint density at radius 1 is 1.19 bits per heavy atom. The Morgan fingerprint density at radius 3 is 2.62 bits per heavy atom. The average molecular weight is 309 g/mol. The predicted octanol–water partition coefficient (Wildman–Crippen LogP) is 2.21. The number of fused-ring (bicyclic) bond motifs is 1. The smallest absolute Gasteiger partial charge is 0.300 e. The van der Waals surface area contributed by atoms with Gasteiger partial charge in [-0.25, -0.2) is 13.8 Å². The lowest BCUT2D eigenvalue weighted by molar-refractivity contribution is 0.570. The molecule has 3 rings (SSSR count). The normalized spacial score (nSPS) is 14.0. The van der Waals surface area contributed by atoms with Crippen molar-refractivity contribution in [2.24, 2.45) is 7.05 Å². The summed E-state index contributed by atoms with van der Waals surface area (Å²) >= 11 is 5.72. The van der Waals surface area contributed by atoms with Crippen LogP contribution >= 0.6 is 11.6 Å². The summed E-state index contributed by atoms with van der Waals surface area (Å²) in [4.78, 5) is 25.0. The third-order valence-electron chi connectivity index (χ3n) is 3.93. The molecule has 21 heavy (non-hydrogen) atoms. The summed E-state index contributed by atoms with van der Waals surface area (Å²) in [5.74, 6) is -0.683.